The molecule has 0 fully saturated rings. The van der Waals surface area contributed by atoms with Crippen LogP contribution in [0.2, 0.25) is 0 Å². The lowest BCUT2D eigenvalue weighted by atomic mass is 9.91. The first kappa shape index (κ1) is 15.6. The summed E-state index contributed by atoms with van der Waals surface area (Å²) in [5, 5.41) is 0. The average Bonchev–Trinajstić information content (AvgIpc) is 2.34. The molecule has 0 heterocycles. The Morgan fingerprint density at radius 1 is 1.00 bits per heavy atom. The zero-order valence-electron chi connectivity index (χ0n) is 13.0. The van der Waals surface area contributed by atoms with Crippen LogP contribution in [0, 0.1) is 0 Å². The molecule has 0 aromatic heterocycles. The molecule has 0 atom stereocenters. The summed E-state index contributed by atoms with van der Waals surface area (Å²) in [6, 6.07) is 10.7. The summed E-state index contributed by atoms with van der Waals surface area (Å²) in [4.78, 5) is 0. The van der Waals surface area contributed by atoms with E-state index in [1.54, 1.807) is 0 Å². The molecule has 0 nitrogen and oxygen atoms in total. The Morgan fingerprint density at radius 3 is 2.16 bits per heavy atom. The first-order valence-electron chi connectivity index (χ1n) is 7.02. The highest BCUT2D eigenvalue weighted by Gasteiger charge is 2.00. The van der Waals surface area contributed by atoms with E-state index in [4.69, 9.17) is 0 Å². The SMILES string of the molecule is B/C(C)=C/C(CCc1ccccc1)=C(\C)C=C(C)C. The molecule has 0 N–H and O–H groups in total. The molecule has 0 unspecified atom stereocenters. The summed E-state index contributed by atoms with van der Waals surface area (Å²) in [5.74, 6) is 0. The second kappa shape index (κ2) is 7.83. The van der Waals surface area contributed by atoms with Gasteiger partial charge in [0.15, 0.2) is 0 Å². The van der Waals surface area contributed by atoms with Crippen LogP contribution in [-0.4, -0.2) is 7.85 Å². The minimum atomic E-state index is 1.10. The fourth-order valence-electron chi connectivity index (χ4n) is 2.18. The zero-order chi connectivity index (χ0) is 14.3. The molecule has 0 radical (unpaired) electrons. The second-order valence-corrected chi connectivity index (χ2v) is 5.64. The van der Waals surface area contributed by atoms with E-state index in [2.05, 4.69) is 78.0 Å². The third-order valence-electron chi connectivity index (χ3n) is 3.00. The zero-order valence-corrected chi connectivity index (χ0v) is 13.0. The van der Waals surface area contributed by atoms with Gasteiger partial charge in [-0.15, -0.1) is 5.47 Å². The molecule has 0 amide bonds. The van der Waals surface area contributed by atoms with Crippen molar-refractivity contribution in [3.8, 4) is 0 Å². The van der Waals surface area contributed by atoms with Crippen molar-refractivity contribution in [2.75, 3.05) is 0 Å². The van der Waals surface area contributed by atoms with Gasteiger partial charge in [-0.05, 0) is 50.3 Å². The van der Waals surface area contributed by atoms with E-state index in [0.29, 0.717) is 0 Å². The minimum Gasteiger partial charge on any atom is -0.113 e. The third kappa shape index (κ3) is 6.29. The van der Waals surface area contributed by atoms with E-state index in [1.807, 2.05) is 0 Å². The van der Waals surface area contributed by atoms with Crippen molar-refractivity contribution in [3.63, 3.8) is 0 Å². The quantitative estimate of drug-likeness (QED) is 0.537. The van der Waals surface area contributed by atoms with Gasteiger partial charge in [0.05, 0.1) is 0 Å². The van der Waals surface area contributed by atoms with Crippen molar-refractivity contribution in [2.24, 2.45) is 0 Å². The van der Waals surface area contributed by atoms with E-state index in [-0.39, 0.29) is 0 Å². The lowest BCUT2D eigenvalue weighted by molar-refractivity contribution is 0.952. The molecule has 19 heavy (non-hydrogen) atoms. The van der Waals surface area contributed by atoms with Crippen molar-refractivity contribution >= 4 is 7.85 Å². The van der Waals surface area contributed by atoms with Crippen LogP contribution in [0.4, 0.5) is 0 Å². The lowest BCUT2D eigenvalue weighted by Crippen LogP contribution is -1.92. The molecule has 100 valence electrons. The highest BCUT2D eigenvalue weighted by atomic mass is 14.1. The maximum Gasteiger partial charge on any atom is 0.133 e. The molecule has 0 aliphatic heterocycles. The molecule has 1 aromatic rings. The predicted octanol–water partition coefficient (Wildman–Crippen LogP) is 4.44. The van der Waals surface area contributed by atoms with E-state index in [0.717, 1.165) is 12.8 Å². The van der Waals surface area contributed by atoms with Crippen LogP contribution in [0.25, 0.3) is 0 Å². The first-order chi connectivity index (χ1) is 8.99. The van der Waals surface area contributed by atoms with Gasteiger partial charge in [0, 0.05) is 0 Å². The smallest absolute Gasteiger partial charge is 0.113 e. The van der Waals surface area contributed by atoms with Gasteiger partial charge < -0.3 is 0 Å². The predicted molar refractivity (Wildman–Crippen MR) is 89.2 cm³/mol. The maximum atomic E-state index is 2.32. The lowest BCUT2D eigenvalue weighted by Gasteiger charge is -2.08. The Balaban J connectivity index is 2.88. The number of benzene rings is 1. The molecule has 0 spiro atoms. The number of rotatable bonds is 5. The topological polar surface area (TPSA) is 0 Å². The molecule has 1 heteroatoms. The summed E-state index contributed by atoms with van der Waals surface area (Å²) >= 11 is 0. The van der Waals surface area contributed by atoms with E-state index in [9.17, 15) is 0 Å². The van der Waals surface area contributed by atoms with E-state index < -0.39 is 0 Å². The standard InChI is InChI=1S/C18H25B/c1-14(2)12-15(3)18(13-16(4)19)11-10-17-8-6-5-7-9-17/h5-9,12-13H,10-11,19H2,1-4H3/b16-13+,18-15+. The number of allylic oxidation sites excluding steroid dienone is 6. The van der Waals surface area contributed by atoms with Crippen molar-refractivity contribution in [3.05, 3.63) is 70.2 Å². The van der Waals surface area contributed by atoms with Gasteiger partial charge in [-0.25, -0.2) is 0 Å². The fourth-order valence-corrected chi connectivity index (χ4v) is 2.18. The van der Waals surface area contributed by atoms with Gasteiger partial charge in [-0.3, -0.25) is 0 Å². The van der Waals surface area contributed by atoms with Crippen LogP contribution in [0.3, 0.4) is 0 Å². The molecule has 1 rings (SSSR count). The minimum absolute atomic E-state index is 1.10. The van der Waals surface area contributed by atoms with Crippen LogP contribution in [0.15, 0.2) is 64.7 Å². The summed E-state index contributed by atoms with van der Waals surface area (Å²) in [5.41, 5.74) is 6.97. The molecule has 0 aliphatic rings. The van der Waals surface area contributed by atoms with E-state index >= 15 is 0 Å². The first-order valence-corrected chi connectivity index (χ1v) is 7.02. The molecule has 0 bridgehead atoms. The largest absolute Gasteiger partial charge is 0.133 e. The van der Waals surface area contributed by atoms with Crippen molar-refractivity contribution < 1.29 is 0 Å². The summed E-state index contributed by atoms with van der Waals surface area (Å²) in [7, 11) is 2.16. The van der Waals surface area contributed by atoms with E-state index in [1.165, 1.54) is 27.8 Å². The Morgan fingerprint density at radius 2 is 1.63 bits per heavy atom. The molecule has 1 aromatic carbocycles. The van der Waals surface area contributed by atoms with Gasteiger partial charge in [0.2, 0.25) is 0 Å². The maximum absolute atomic E-state index is 2.32. The van der Waals surface area contributed by atoms with Gasteiger partial charge >= 0.3 is 0 Å². The van der Waals surface area contributed by atoms with Crippen molar-refractivity contribution in [1.29, 1.82) is 0 Å². The van der Waals surface area contributed by atoms with Crippen molar-refractivity contribution in [1.82, 2.24) is 0 Å². The highest BCUT2D eigenvalue weighted by Crippen LogP contribution is 2.17. The number of aryl methyl sites for hydroxylation is 1. The molecule has 0 aliphatic carbocycles. The molecule has 0 saturated carbocycles. The van der Waals surface area contributed by atoms with Crippen LogP contribution in [0.5, 0.6) is 0 Å². The number of hydrogen-bond acceptors (Lipinski definition) is 0. The molecule has 0 saturated heterocycles. The van der Waals surface area contributed by atoms with Gasteiger partial charge in [0.1, 0.15) is 7.85 Å². The summed E-state index contributed by atoms with van der Waals surface area (Å²) in [6.07, 6.45) is 6.80. The second-order valence-electron chi connectivity index (χ2n) is 5.64. The Bertz CT molecular complexity index is 482. The van der Waals surface area contributed by atoms with Gasteiger partial charge in [-0.2, -0.15) is 0 Å². The molecular formula is C18H25B. The summed E-state index contributed by atoms with van der Waals surface area (Å²) < 4.78 is 0. The van der Waals surface area contributed by atoms with Gasteiger partial charge in [0.25, 0.3) is 0 Å². The number of hydrogen-bond donors (Lipinski definition) is 0. The van der Waals surface area contributed by atoms with Crippen LogP contribution in [0.1, 0.15) is 39.7 Å². The Labute approximate surface area is 119 Å². The monoisotopic (exact) mass is 252 g/mol. The van der Waals surface area contributed by atoms with Crippen LogP contribution < -0.4 is 0 Å². The summed E-state index contributed by atoms with van der Waals surface area (Å²) in [6.45, 7) is 8.69. The highest BCUT2D eigenvalue weighted by molar-refractivity contribution is 6.21. The third-order valence-corrected chi connectivity index (χ3v) is 3.00. The normalized spacial score (nSPS) is 12.9. The van der Waals surface area contributed by atoms with Crippen LogP contribution in [-0.2, 0) is 6.42 Å². The average molecular weight is 252 g/mol. The Kier molecular flexibility index (Phi) is 6.42. The molecular weight excluding hydrogens is 227 g/mol. The Hall–Kier alpha value is -1.50. The van der Waals surface area contributed by atoms with Gasteiger partial charge in [-0.1, -0.05) is 55.0 Å². The van der Waals surface area contributed by atoms with Crippen molar-refractivity contribution in [2.45, 2.75) is 40.5 Å². The van der Waals surface area contributed by atoms with Crippen LogP contribution >= 0.6 is 0 Å². The fraction of sp³-hybridized carbons (Fsp3) is 0.333.